The van der Waals surface area contributed by atoms with E-state index in [1.807, 2.05) is 12.1 Å². The number of hydrogen-bond acceptors (Lipinski definition) is 0. The molecule has 1 unspecified atom stereocenters. The second-order valence-corrected chi connectivity index (χ2v) is 5.18. The van der Waals surface area contributed by atoms with Crippen molar-refractivity contribution in [2.24, 2.45) is 5.41 Å². The van der Waals surface area contributed by atoms with E-state index in [4.69, 9.17) is 0 Å². The standard InChI is InChI=1S/C12H14Br2/c1-3-12(2,9-13)8-10-6-4-5-7-11(10)14/h3-7H,1,8-9H2,2H3. The Morgan fingerprint density at radius 1 is 1.43 bits per heavy atom. The van der Waals surface area contributed by atoms with Crippen molar-refractivity contribution in [2.75, 3.05) is 5.33 Å². The van der Waals surface area contributed by atoms with Crippen LogP contribution in [-0.2, 0) is 6.42 Å². The Kier molecular flexibility index (Phi) is 4.39. The summed E-state index contributed by atoms with van der Waals surface area (Å²) in [4.78, 5) is 0. The minimum atomic E-state index is 0.129. The zero-order valence-corrected chi connectivity index (χ0v) is 11.4. The highest BCUT2D eigenvalue weighted by molar-refractivity contribution is 9.10. The maximum absolute atomic E-state index is 3.88. The van der Waals surface area contributed by atoms with Gasteiger partial charge in [-0.1, -0.05) is 63.1 Å². The predicted octanol–water partition coefficient (Wildman–Crippen LogP) is 4.58. The quantitative estimate of drug-likeness (QED) is 0.563. The summed E-state index contributed by atoms with van der Waals surface area (Å²) in [5, 5.41) is 0.935. The molecule has 1 rings (SSSR count). The average molecular weight is 318 g/mol. The third-order valence-corrected chi connectivity index (χ3v) is 4.40. The Balaban J connectivity index is 2.87. The van der Waals surface area contributed by atoms with Crippen molar-refractivity contribution in [3.63, 3.8) is 0 Å². The molecule has 0 amide bonds. The SMILES string of the molecule is C=CC(C)(CBr)Cc1ccccc1Br. The highest BCUT2D eigenvalue weighted by Crippen LogP contribution is 2.29. The first-order valence-corrected chi connectivity index (χ1v) is 6.46. The highest BCUT2D eigenvalue weighted by atomic mass is 79.9. The molecule has 0 spiro atoms. The van der Waals surface area contributed by atoms with Gasteiger partial charge in [-0.25, -0.2) is 0 Å². The molecule has 2 heteroatoms. The summed E-state index contributed by atoms with van der Waals surface area (Å²) in [6.45, 7) is 6.09. The smallest absolute Gasteiger partial charge is 0.0207 e. The molecule has 0 radical (unpaired) electrons. The Labute approximate surface area is 103 Å². The number of allylic oxidation sites excluding steroid dienone is 1. The Bertz CT molecular complexity index is 320. The number of halogens is 2. The topological polar surface area (TPSA) is 0 Å². The lowest BCUT2D eigenvalue weighted by Gasteiger charge is -2.23. The molecule has 0 saturated carbocycles. The van der Waals surface area contributed by atoms with Crippen LogP contribution in [0.15, 0.2) is 41.4 Å². The lowest BCUT2D eigenvalue weighted by atomic mass is 9.86. The van der Waals surface area contributed by atoms with Crippen molar-refractivity contribution >= 4 is 31.9 Å². The van der Waals surface area contributed by atoms with Gasteiger partial charge < -0.3 is 0 Å². The molecular formula is C12H14Br2. The number of alkyl halides is 1. The summed E-state index contributed by atoms with van der Waals surface area (Å²) in [5.41, 5.74) is 1.46. The molecule has 0 aromatic heterocycles. The van der Waals surface area contributed by atoms with Gasteiger partial charge in [0.15, 0.2) is 0 Å². The molecule has 76 valence electrons. The van der Waals surface area contributed by atoms with Crippen molar-refractivity contribution in [1.82, 2.24) is 0 Å². The number of benzene rings is 1. The highest BCUT2D eigenvalue weighted by Gasteiger charge is 2.19. The monoisotopic (exact) mass is 316 g/mol. The summed E-state index contributed by atoms with van der Waals surface area (Å²) in [6.07, 6.45) is 3.02. The molecule has 0 aliphatic rings. The van der Waals surface area contributed by atoms with Crippen molar-refractivity contribution in [2.45, 2.75) is 13.3 Å². The van der Waals surface area contributed by atoms with Crippen molar-refractivity contribution in [3.8, 4) is 0 Å². The molecule has 0 nitrogen and oxygen atoms in total. The minimum Gasteiger partial charge on any atom is -0.102 e. The van der Waals surface area contributed by atoms with Crippen LogP contribution in [-0.4, -0.2) is 5.33 Å². The van der Waals surface area contributed by atoms with Gasteiger partial charge in [-0.15, -0.1) is 6.58 Å². The van der Waals surface area contributed by atoms with Gasteiger partial charge in [0.05, 0.1) is 0 Å². The first-order chi connectivity index (χ1) is 6.61. The average Bonchev–Trinajstić information content (AvgIpc) is 2.21. The maximum atomic E-state index is 3.88. The van der Waals surface area contributed by atoms with Crippen LogP contribution in [0.25, 0.3) is 0 Å². The van der Waals surface area contributed by atoms with Crippen LogP contribution in [0.2, 0.25) is 0 Å². The summed E-state index contributed by atoms with van der Waals surface area (Å²) in [5.74, 6) is 0. The second kappa shape index (κ2) is 5.13. The van der Waals surface area contributed by atoms with E-state index in [-0.39, 0.29) is 5.41 Å². The molecular weight excluding hydrogens is 304 g/mol. The fourth-order valence-electron chi connectivity index (χ4n) is 1.25. The van der Waals surface area contributed by atoms with Crippen LogP contribution < -0.4 is 0 Å². The van der Waals surface area contributed by atoms with Crippen molar-refractivity contribution in [3.05, 3.63) is 47.0 Å². The van der Waals surface area contributed by atoms with Gasteiger partial charge in [-0.2, -0.15) is 0 Å². The molecule has 0 N–H and O–H groups in total. The van der Waals surface area contributed by atoms with Crippen LogP contribution in [0.5, 0.6) is 0 Å². The van der Waals surface area contributed by atoms with E-state index in [0.29, 0.717) is 0 Å². The van der Waals surface area contributed by atoms with Crippen LogP contribution in [0.1, 0.15) is 12.5 Å². The van der Waals surface area contributed by atoms with E-state index in [2.05, 4.69) is 63.6 Å². The molecule has 1 aromatic rings. The normalized spacial score (nSPS) is 14.8. The van der Waals surface area contributed by atoms with E-state index in [0.717, 1.165) is 11.8 Å². The van der Waals surface area contributed by atoms with Gasteiger partial charge in [0, 0.05) is 9.80 Å². The third kappa shape index (κ3) is 2.96. The summed E-state index contributed by atoms with van der Waals surface area (Å²) in [7, 11) is 0. The molecule has 1 atom stereocenters. The van der Waals surface area contributed by atoms with Crippen LogP contribution in [0.3, 0.4) is 0 Å². The first-order valence-electron chi connectivity index (χ1n) is 4.54. The van der Waals surface area contributed by atoms with Crippen LogP contribution in [0.4, 0.5) is 0 Å². The van der Waals surface area contributed by atoms with E-state index >= 15 is 0 Å². The van der Waals surface area contributed by atoms with Gasteiger partial charge in [-0.3, -0.25) is 0 Å². The molecule has 1 aromatic carbocycles. The minimum absolute atomic E-state index is 0.129. The Morgan fingerprint density at radius 3 is 2.57 bits per heavy atom. The molecule has 14 heavy (non-hydrogen) atoms. The van der Waals surface area contributed by atoms with Gasteiger partial charge >= 0.3 is 0 Å². The largest absolute Gasteiger partial charge is 0.102 e. The Hall–Kier alpha value is -0.0800. The molecule has 0 aliphatic heterocycles. The van der Waals surface area contributed by atoms with Gasteiger partial charge in [0.25, 0.3) is 0 Å². The second-order valence-electron chi connectivity index (χ2n) is 3.76. The van der Waals surface area contributed by atoms with E-state index < -0.39 is 0 Å². The van der Waals surface area contributed by atoms with E-state index in [1.165, 1.54) is 10.0 Å². The fraction of sp³-hybridized carbons (Fsp3) is 0.333. The van der Waals surface area contributed by atoms with Crippen molar-refractivity contribution in [1.29, 1.82) is 0 Å². The molecule has 0 saturated heterocycles. The van der Waals surface area contributed by atoms with Crippen molar-refractivity contribution < 1.29 is 0 Å². The Morgan fingerprint density at radius 2 is 2.07 bits per heavy atom. The lowest BCUT2D eigenvalue weighted by molar-refractivity contribution is 0.492. The van der Waals surface area contributed by atoms with Crippen LogP contribution in [0, 0.1) is 5.41 Å². The first kappa shape index (κ1) is 12.0. The number of hydrogen-bond donors (Lipinski definition) is 0. The van der Waals surface area contributed by atoms with Crippen LogP contribution >= 0.6 is 31.9 Å². The predicted molar refractivity (Wildman–Crippen MR) is 69.9 cm³/mol. The molecule has 0 bridgehead atoms. The van der Waals surface area contributed by atoms with E-state index in [9.17, 15) is 0 Å². The molecule has 0 fully saturated rings. The summed E-state index contributed by atoms with van der Waals surface area (Å²) in [6, 6.07) is 8.33. The zero-order chi connectivity index (χ0) is 10.6. The van der Waals surface area contributed by atoms with Gasteiger partial charge in [0.2, 0.25) is 0 Å². The third-order valence-electron chi connectivity index (χ3n) is 2.35. The fourth-order valence-corrected chi connectivity index (χ4v) is 2.10. The molecule has 0 heterocycles. The lowest BCUT2D eigenvalue weighted by Crippen LogP contribution is -2.18. The van der Waals surface area contributed by atoms with Gasteiger partial charge in [0.1, 0.15) is 0 Å². The molecule has 0 aliphatic carbocycles. The maximum Gasteiger partial charge on any atom is 0.0207 e. The summed E-state index contributed by atoms with van der Waals surface area (Å²) < 4.78 is 1.18. The number of rotatable bonds is 4. The van der Waals surface area contributed by atoms with Gasteiger partial charge in [-0.05, 0) is 23.5 Å². The van der Waals surface area contributed by atoms with E-state index in [1.54, 1.807) is 0 Å². The summed E-state index contributed by atoms with van der Waals surface area (Å²) >= 11 is 7.09. The zero-order valence-electron chi connectivity index (χ0n) is 8.26.